The Bertz CT molecular complexity index is 675. The third-order valence-corrected chi connectivity index (χ3v) is 3.33. The van der Waals surface area contributed by atoms with E-state index in [9.17, 15) is 28.1 Å². The number of alkyl halides is 3. The highest BCUT2D eigenvalue weighted by molar-refractivity contribution is 5.92. The number of hydrogen-bond donors (Lipinski definition) is 0. The second-order valence-corrected chi connectivity index (χ2v) is 5.34. The van der Waals surface area contributed by atoms with Crippen LogP contribution in [0, 0.1) is 10.1 Å². The van der Waals surface area contributed by atoms with E-state index in [-0.39, 0.29) is 6.54 Å². The molecule has 1 rings (SSSR count). The van der Waals surface area contributed by atoms with Gasteiger partial charge in [0.25, 0.3) is 0 Å². The van der Waals surface area contributed by atoms with E-state index in [1.165, 1.54) is 11.0 Å². The number of carbonyl (C=O) groups is 1. The molecule has 10 heteroatoms. The Morgan fingerprint density at radius 2 is 2.12 bits per heavy atom. The van der Waals surface area contributed by atoms with Crippen molar-refractivity contribution in [3.8, 4) is 0 Å². The van der Waals surface area contributed by atoms with E-state index in [2.05, 4.69) is 16.3 Å². The number of anilines is 1. The first-order chi connectivity index (χ1) is 11.5. The topological polar surface area (TPSA) is 85.6 Å². The van der Waals surface area contributed by atoms with E-state index in [4.69, 9.17) is 0 Å². The van der Waals surface area contributed by atoms with Crippen molar-refractivity contribution < 1.29 is 27.6 Å². The van der Waals surface area contributed by atoms with Crippen molar-refractivity contribution in [2.24, 2.45) is 0 Å². The highest BCUT2D eigenvalue weighted by atomic mass is 19.4. The van der Waals surface area contributed by atoms with Gasteiger partial charge >= 0.3 is 17.8 Å². The summed E-state index contributed by atoms with van der Waals surface area (Å²) in [6.07, 6.45) is -3.00. The second-order valence-electron chi connectivity index (χ2n) is 5.34. The first-order valence-electron chi connectivity index (χ1n) is 7.27. The average molecular weight is 361 g/mol. The van der Waals surface area contributed by atoms with Crippen molar-refractivity contribution in [2.45, 2.75) is 32.5 Å². The van der Waals surface area contributed by atoms with Gasteiger partial charge in [-0.05, 0) is 20.3 Å². The first-order valence-corrected chi connectivity index (χ1v) is 7.27. The highest BCUT2D eigenvalue weighted by Gasteiger charge is 2.40. The van der Waals surface area contributed by atoms with Crippen LogP contribution in [0.2, 0.25) is 0 Å². The van der Waals surface area contributed by atoms with Crippen LogP contribution < -0.4 is 4.90 Å². The zero-order valence-electron chi connectivity index (χ0n) is 14.0. The summed E-state index contributed by atoms with van der Waals surface area (Å²) in [5.41, 5.74) is -3.13. The highest BCUT2D eigenvalue weighted by Crippen LogP contribution is 2.39. The molecule has 0 fully saturated rings. The quantitative estimate of drug-likeness (QED) is 0.319. The van der Waals surface area contributed by atoms with E-state index in [1.807, 2.05) is 0 Å². The van der Waals surface area contributed by atoms with Gasteiger partial charge in [0, 0.05) is 18.7 Å². The molecule has 0 saturated carbocycles. The van der Waals surface area contributed by atoms with E-state index >= 15 is 0 Å². The second kappa shape index (κ2) is 7.95. The predicted octanol–water partition coefficient (Wildman–Crippen LogP) is 3.59. The molecule has 0 spiro atoms. The number of hydrogen-bond acceptors (Lipinski definition) is 6. The van der Waals surface area contributed by atoms with E-state index in [1.54, 1.807) is 13.8 Å². The summed E-state index contributed by atoms with van der Waals surface area (Å²) in [6, 6.07) is -0.0850. The van der Waals surface area contributed by atoms with Gasteiger partial charge in [-0.1, -0.05) is 6.08 Å². The lowest BCUT2D eigenvalue weighted by Crippen LogP contribution is -2.35. The molecule has 0 aliphatic rings. The molecular formula is C15H18F3N3O4. The summed E-state index contributed by atoms with van der Waals surface area (Å²) in [4.78, 5) is 26.7. The number of methoxy groups -OCH3 is 1. The molecular weight excluding hydrogens is 343 g/mol. The summed E-state index contributed by atoms with van der Waals surface area (Å²) in [7, 11) is 0.961. The van der Waals surface area contributed by atoms with Crippen molar-refractivity contribution >= 4 is 17.5 Å². The summed E-state index contributed by atoms with van der Waals surface area (Å²) >= 11 is 0. The molecule has 1 heterocycles. The molecule has 0 atom stereocenters. The zero-order valence-corrected chi connectivity index (χ0v) is 14.0. The molecule has 0 N–H and O–H groups in total. The lowest BCUT2D eigenvalue weighted by molar-refractivity contribution is -0.385. The van der Waals surface area contributed by atoms with Crippen molar-refractivity contribution in [3.05, 3.63) is 40.1 Å². The van der Waals surface area contributed by atoms with Crippen LogP contribution in [-0.2, 0) is 10.9 Å². The molecule has 0 aromatic carbocycles. The number of carbonyl (C=O) groups excluding carboxylic acids is 1. The SMILES string of the molecule is C=CCCN(c1nc(C(=O)OC)c([N+](=O)[O-])cc1C(F)(F)F)C(C)C. The van der Waals surface area contributed by atoms with Gasteiger partial charge in [0.1, 0.15) is 11.4 Å². The van der Waals surface area contributed by atoms with Crippen molar-refractivity contribution in [3.63, 3.8) is 0 Å². The van der Waals surface area contributed by atoms with E-state index < -0.39 is 45.9 Å². The number of nitro groups is 1. The Morgan fingerprint density at radius 3 is 2.52 bits per heavy atom. The molecule has 0 amide bonds. The maximum Gasteiger partial charge on any atom is 0.420 e. The van der Waals surface area contributed by atoms with Gasteiger partial charge in [-0.15, -0.1) is 6.58 Å². The molecule has 0 saturated heterocycles. The van der Waals surface area contributed by atoms with Gasteiger partial charge in [-0.3, -0.25) is 10.1 Å². The van der Waals surface area contributed by atoms with Crippen LogP contribution in [0.3, 0.4) is 0 Å². The molecule has 0 aliphatic heterocycles. The molecule has 7 nitrogen and oxygen atoms in total. The Balaban J connectivity index is 3.74. The van der Waals surface area contributed by atoms with Crippen molar-refractivity contribution in [1.82, 2.24) is 4.98 Å². The molecule has 0 aliphatic carbocycles. The van der Waals surface area contributed by atoms with Crippen LogP contribution in [0.4, 0.5) is 24.7 Å². The molecule has 1 aromatic rings. The fourth-order valence-corrected chi connectivity index (χ4v) is 2.15. The fraction of sp³-hybridized carbons (Fsp3) is 0.467. The van der Waals surface area contributed by atoms with Crippen LogP contribution >= 0.6 is 0 Å². The lowest BCUT2D eigenvalue weighted by Gasteiger charge is -2.30. The van der Waals surface area contributed by atoms with E-state index in [0.29, 0.717) is 12.5 Å². The van der Waals surface area contributed by atoms with E-state index in [0.717, 1.165) is 7.11 Å². The molecule has 0 bridgehead atoms. The maximum atomic E-state index is 13.4. The van der Waals surface area contributed by atoms with Gasteiger partial charge < -0.3 is 9.64 Å². The van der Waals surface area contributed by atoms with Gasteiger partial charge in [0.05, 0.1) is 12.0 Å². The molecule has 138 valence electrons. The fourth-order valence-electron chi connectivity index (χ4n) is 2.15. The summed E-state index contributed by atoms with van der Waals surface area (Å²) in [5, 5.41) is 11.1. The standard InChI is InChI=1S/C15H18F3N3O4/c1-5-6-7-20(9(2)3)13-10(15(16,17)18)8-11(21(23)24)12(19-13)14(22)25-4/h5,8-9H,1,6-7H2,2-4H3. The average Bonchev–Trinajstić information content (AvgIpc) is 2.52. The third kappa shape index (κ3) is 4.68. The molecule has 0 radical (unpaired) electrons. The van der Waals surface area contributed by atoms with Crippen LogP contribution in [0.15, 0.2) is 18.7 Å². The zero-order chi connectivity index (χ0) is 19.4. The number of esters is 1. The van der Waals surface area contributed by atoms with Crippen molar-refractivity contribution in [1.29, 1.82) is 0 Å². The third-order valence-electron chi connectivity index (χ3n) is 3.33. The monoisotopic (exact) mass is 361 g/mol. The number of aromatic nitrogens is 1. The minimum absolute atomic E-state index is 0.148. The van der Waals surface area contributed by atoms with Gasteiger partial charge in [-0.25, -0.2) is 9.78 Å². The Kier molecular flexibility index (Phi) is 6.49. The van der Waals surface area contributed by atoms with Gasteiger partial charge in [-0.2, -0.15) is 13.2 Å². The van der Waals surface area contributed by atoms with Gasteiger partial charge in [0.15, 0.2) is 0 Å². The number of rotatable bonds is 7. The minimum Gasteiger partial charge on any atom is -0.464 e. The van der Waals surface area contributed by atoms with Crippen LogP contribution in [-0.4, -0.2) is 35.6 Å². The van der Waals surface area contributed by atoms with Crippen molar-refractivity contribution in [2.75, 3.05) is 18.6 Å². The predicted molar refractivity (Wildman–Crippen MR) is 84.5 cm³/mol. The lowest BCUT2D eigenvalue weighted by atomic mass is 10.1. The van der Waals surface area contributed by atoms with Gasteiger partial charge in [0.2, 0.25) is 5.69 Å². The van der Waals surface area contributed by atoms with Crippen LogP contribution in [0.25, 0.3) is 0 Å². The Hall–Kier alpha value is -2.65. The Morgan fingerprint density at radius 1 is 1.52 bits per heavy atom. The van der Waals surface area contributed by atoms with Crippen LogP contribution in [0.1, 0.15) is 36.3 Å². The largest absolute Gasteiger partial charge is 0.464 e. The number of halogens is 3. The number of pyridine rings is 1. The summed E-state index contributed by atoms with van der Waals surface area (Å²) in [6.45, 7) is 6.95. The summed E-state index contributed by atoms with van der Waals surface area (Å²) in [5.74, 6) is -1.75. The normalized spacial score (nSPS) is 11.3. The molecule has 1 aromatic heterocycles. The molecule has 25 heavy (non-hydrogen) atoms. The minimum atomic E-state index is -4.89. The smallest absolute Gasteiger partial charge is 0.420 e. The number of ether oxygens (including phenoxy) is 1. The summed E-state index contributed by atoms with van der Waals surface area (Å²) < 4.78 is 44.7. The number of nitrogens with zero attached hydrogens (tertiary/aromatic N) is 3. The molecule has 0 unspecified atom stereocenters. The van der Waals surface area contributed by atoms with Crippen LogP contribution in [0.5, 0.6) is 0 Å². The Labute approximate surface area is 142 Å². The maximum absolute atomic E-state index is 13.4. The first kappa shape index (κ1) is 20.4.